The molecule has 8 nitrogen and oxygen atoms in total. The fourth-order valence-corrected chi connectivity index (χ4v) is 7.08. The van der Waals surface area contributed by atoms with E-state index in [9.17, 15) is 9.59 Å². The van der Waals surface area contributed by atoms with Crippen molar-refractivity contribution in [1.29, 1.82) is 0 Å². The van der Waals surface area contributed by atoms with Crippen molar-refractivity contribution in [1.82, 2.24) is 19.4 Å². The number of carbonyl (C=O) groups excluding carboxylic acids is 2. The Morgan fingerprint density at radius 1 is 1.02 bits per heavy atom. The van der Waals surface area contributed by atoms with Gasteiger partial charge in [-0.3, -0.25) is 14.5 Å². The van der Waals surface area contributed by atoms with Crippen molar-refractivity contribution in [3.05, 3.63) is 71.9 Å². The number of piperidine rings is 2. The van der Waals surface area contributed by atoms with Crippen LogP contribution in [-0.4, -0.2) is 69.0 Å². The van der Waals surface area contributed by atoms with Crippen molar-refractivity contribution in [2.24, 2.45) is 5.41 Å². The first-order valence-corrected chi connectivity index (χ1v) is 14.5. The summed E-state index contributed by atoms with van der Waals surface area (Å²) >= 11 is 0. The molecule has 3 aromatic rings. The van der Waals surface area contributed by atoms with Gasteiger partial charge in [-0.25, -0.2) is 4.98 Å². The Labute approximate surface area is 236 Å². The lowest BCUT2D eigenvalue weighted by atomic mass is 9.74. The molecule has 4 heterocycles. The van der Waals surface area contributed by atoms with Crippen LogP contribution in [0.15, 0.2) is 60.7 Å². The molecule has 0 saturated carbocycles. The molecular weight excluding hydrogens is 502 g/mol. The van der Waals surface area contributed by atoms with Gasteiger partial charge < -0.3 is 19.9 Å². The van der Waals surface area contributed by atoms with E-state index in [1.54, 1.807) is 0 Å². The molecule has 1 spiro atoms. The van der Waals surface area contributed by atoms with Crippen molar-refractivity contribution in [2.75, 3.05) is 31.9 Å². The van der Waals surface area contributed by atoms with Gasteiger partial charge in [0.25, 0.3) is 5.91 Å². The molecule has 0 aliphatic carbocycles. The average Bonchev–Trinajstić information content (AvgIpc) is 3.39. The zero-order valence-electron chi connectivity index (χ0n) is 23.5. The van der Waals surface area contributed by atoms with E-state index in [2.05, 4.69) is 22.0 Å². The normalized spacial score (nSPS) is 23.4. The molecule has 8 heteroatoms. The van der Waals surface area contributed by atoms with Crippen LogP contribution in [0.5, 0.6) is 0 Å². The number of hydrogen-bond donors (Lipinski definition) is 1. The van der Waals surface area contributed by atoms with Crippen LogP contribution in [0.25, 0.3) is 11.4 Å². The molecule has 3 saturated heterocycles. The largest absolute Gasteiger partial charge is 0.459 e. The highest BCUT2D eigenvalue weighted by atomic mass is 16.6. The van der Waals surface area contributed by atoms with Crippen molar-refractivity contribution >= 4 is 17.7 Å². The summed E-state index contributed by atoms with van der Waals surface area (Å²) in [6, 6.07) is 20.3. The van der Waals surface area contributed by atoms with E-state index in [0.717, 1.165) is 56.3 Å². The number of aromatic nitrogens is 2. The first kappa shape index (κ1) is 26.6. The average molecular weight is 542 g/mol. The smallest absolute Gasteiger partial charge is 0.314 e. The SMILES string of the molecule is CC1(C)CC2(CCCN(C3CCN(C(=O)c4c(N)nc(-c5ccccc5)n4Cc4ccccc4)CC3)C2)C(=O)O1. The molecule has 3 aliphatic rings. The van der Waals surface area contributed by atoms with Crippen LogP contribution in [0.4, 0.5) is 5.82 Å². The highest BCUT2D eigenvalue weighted by molar-refractivity contribution is 5.98. The predicted molar refractivity (Wildman–Crippen MR) is 155 cm³/mol. The van der Waals surface area contributed by atoms with Crippen LogP contribution >= 0.6 is 0 Å². The first-order chi connectivity index (χ1) is 19.2. The molecular formula is C32H39N5O3. The second-order valence-electron chi connectivity index (χ2n) is 12.3. The molecule has 2 N–H and O–H groups in total. The van der Waals surface area contributed by atoms with Gasteiger partial charge in [0.05, 0.1) is 5.41 Å². The van der Waals surface area contributed by atoms with E-state index in [-0.39, 0.29) is 23.1 Å². The molecule has 210 valence electrons. The van der Waals surface area contributed by atoms with E-state index < -0.39 is 5.60 Å². The molecule has 1 amide bonds. The number of likely N-dealkylation sites (tertiary alicyclic amines) is 2. The van der Waals surface area contributed by atoms with Gasteiger partial charge in [0.1, 0.15) is 11.4 Å². The number of hydrogen-bond acceptors (Lipinski definition) is 6. The third kappa shape index (κ3) is 5.01. The van der Waals surface area contributed by atoms with E-state index in [1.165, 1.54) is 0 Å². The Balaban J connectivity index is 1.20. The quantitative estimate of drug-likeness (QED) is 0.475. The predicted octanol–water partition coefficient (Wildman–Crippen LogP) is 4.59. The van der Waals surface area contributed by atoms with Crippen molar-refractivity contribution in [2.45, 2.75) is 64.1 Å². The fourth-order valence-electron chi connectivity index (χ4n) is 7.08. The van der Waals surface area contributed by atoms with Crippen LogP contribution in [-0.2, 0) is 16.1 Å². The summed E-state index contributed by atoms with van der Waals surface area (Å²) < 4.78 is 7.70. The van der Waals surface area contributed by atoms with Crippen molar-refractivity contribution in [3.8, 4) is 11.4 Å². The van der Waals surface area contributed by atoms with Crippen LogP contribution in [0.2, 0.25) is 0 Å². The lowest BCUT2D eigenvalue weighted by Crippen LogP contribution is -2.53. The minimum Gasteiger partial charge on any atom is -0.459 e. The van der Waals surface area contributed by atoms with E-state index in [1.807, 2.05) is 71.8 Å². The lowest BCUT2D eigenvalue weighted by molar-refractivity contribution is -0.154. The Morgan fingerprint density at radius 2 is 1.70 bits per heavy atom. The standard InChI is InChI=1S/C32H39N5O3/c1-31(2)21-32(30(39)40-31)16-9-17-36(22-32)25-14-18-35(19-15-25)29(38)26-27(33)34-28(24-12-7-4-8-13-24)37(26)20-23-10-5-3-6-11-23/h3-8,10-13,25H,9,14-22,33H2,1-2H3. The van der Waals surface area contributed by atoms with Crippen LogP contribution in [0, 0.1) is 5.41 Å². The van der Waals surface area contributed by atoms with E-state index >= 15 is 0 Å². The fraction of sp³-hybridized carbons (Fsp3) is 0.469. The lowest BCUT2D eigenvalue weighted by Gasteiger charge is -2.44. The van der Waals surface area contributed by atoms with Gasteiger partial charge >= 0.3 is 5.97 Å². The third-order valence-electron chi connectivity index (χ3n) is 8.85. The Morgan fingerprint density at radius 3 is 2.35 bits per heavy atom. The number of cyclic esters (lactones) is 1. The number of imidazole rings is 1. The van der Waals surface area contributed by atoms with Crippen LogP contribution in [0.1, 0.15) is 62.0 Å². The number of nitrogen functional groups attached to an aromatic ring is 1. The van der Waals surface area contributed by atoms with E-state index in [4.69, 9.17) is 10.5 Å². The maximum absolute atomic E-state index is 14.0. The third-order valence-corrected chi connectivity index (χ3v) is 8.85. The number of ether oxygens (including phenoxy) is 1. The number of nitrogens with zero attached hydrogens (tertiary/aromatic N) is 4. The van der Waals surface area contributed by atoms with Crippen molar-refractivity contribution in [3.63, 3.8) is 0 Å². The minimum absolute atomic E-state index is 0.0359. The number of benzene rings is 2. The van der Waals surface area contributed by atoms with Gasteiger partial charge in [-0.05, 0) is 51.6 Å². The van der Waals surface area contributed by atoms with Gasteiger partial charge in [0, 0.05) is 44.2 Å². The molecule has 1 aromatic heterocycles. The van der Waals surface area contributed by atoms with Crippen LogP contribution in [0.3, 0.4) is 0 Å². The monoisotopic (exact) mass is 541 g/mol. The van der Waals surface area contributed by atoms with Gasteiger partial charge in [-0.1, -0.05) is 60.7 Å². The second kappa shape index (κ2) is 10.4. The van der Waals surface area contributed by atoms with Crippen LogP contribution < -0.4 is 5.73 Å². The summed E-state index contributed by atoms with van der Waals surface area (Å²) in [4.78, 5) is 35.9. The number of nitrogens with two attached hydrogens (primary N) is 1. The zero-order valence-corrected chi connectivity index (χ0v) is 23.5. The summed E-state index contributed by atoms with van der Waals surface area (Å²) in [5.41, 5.74) is 8.14. The molecule has 0 bridgehead atoms. The first-order valence-electron chi connectivity index (χ1n) is 14.5. The maximum atomic E-state index is 14.0. The summed E-state index contributed by atoms with van der Waals surface area (Å²) in [7, 11) is 0. The topological polar surface area (TPSA) is 93.7 Å². The Bertz CT molecular complexity index is 1380. The number of esters is 1. The highest BCUT2D eigenvalue weighted by Crippen LogP contribution is 2.46. The van der Waals surface area contributed by atoms with Gasteiger partial charge in [-0.2, -0.15) is 0 Å². The van der Waals surface area contributed by atoms with Gasteiger partial charge in [0.2, 0.25) is 0 Å². The molecule has 3 aliphatic heterocycles. The zero-order chi connectivity index (χ0) is 27.9. The van der Waals surface area contributed by atoms with Gasteiger partial charge in [0.15, 0.2) is 11.5 Å². The summed E-state index contributed by atoms with van der Waals surface area (Å²) in [5, 5.41) is 0. The number of amides is 1. The second-order valence-corrected chi connectivity index (χ2v) is 12.3. The molecule has 40 heavy (non-hydrogen) atoms. The summed E-state index contributed by atoms with van der Waals surface area (Å²) in [6.07, 6.45) is 4.43. The molecule has 1 unspecified atom stereocenters. The van der Waals surface area contributed by atoms with Crippen molar-refractivity contribution < 1.29 is 14.3 Å². The molecule has 0 radical (unpaired) electrons. The summed E-state index contributed by atoms with van der Waals surface area (Å²) in [5.74, 6) is 0.858. The molecule has 2 aromatic carbocycles. The minimum atomic E-state index is -0.392. The summed E-state index contributed by atoms with van der Waals surface area (Å²) in [6.45, 7) is 7.59. The highest BCUT2D eigenvalue weighted by Gasteiger charge is 2.54. The van der Waals surface area contributed by atoms with E-state index in [0.29, 0.717) is 37.2 Å². The molecule has 3 fully saturated rings. The number of rotatable bonds is 5. The number of carbonyl (C=O) groups is 2. The maximum Gasteiger partial charge on any atom is 0.314 e. The molecule has 6 rings (SSSR count). The Kier molecular flexibility index (Phi) is 6.90. The Hall–Kier alpha value is -3.65. The number of anilines is 1. The molecule has 1 atom stereocenters. The van der Waals surface area contributed by atoms with Gasteiger partial charge in [-0.15, -0.1) is 0 Å².